The van der Waals surface area contributed by atoms with Crippen LogP contribution in [0.4, 0.5) is 17.6 Å². The topological polar surface area (TPSA) is 59.8 Å². The molecule has 0 saturated carbocycles. The van der Waals surface area contributed by atoms with Crippen molar-refractivity contribution < 1.29 is 22.4 Å². The van der Waals surface area contributed by atoms with Gasteiger partial charge in [0, 0.05) is 6.54 Å². The molecular formula is C19H16F4N4O. The van der Waals surface area contributed by atoms with Gasteiger partial charge in [-0.3, -0.25) is 4.79 Å². The van der Waals surface area contributed by atoms with E-state index in [0.717, 1.165) is 12.1 Å². The largest absolute Gasteiger partial charge is 0.416 e. The number of carbonyl (C=O) groups is 1. The molecule has 0 radical (unpaired) electrons. The van der Waals surface area contributed by atoms with Crippen molar-refractivity contribution in [1.82, 2.24) is 20.3 Å². The number of alkyl halides is 3. The second-order valence-corrected chi connectivity index (χ2v) is 6.25. The number of hydrogen-bond acceptors (Lipinski definition) is 3. The Morgan fingerprint density at radius 3 is 2.57 bits per heavy atom. The number of halogens is 4. The average molecular weight is 392 g/mol. The first kappa shape index (κ1) is 19.5. The van der Waals surface area contributed by atoms with Gasteiger partial charge in [0.25, 0.3) is 5.91 Å². The molecule has 0 fully saturated rings. The first-order valence-electron chi connectivity index (χ1n) is 8.30. The summed E-state index contributed by atoms with van der Waals surface area (Å²) in [5.41, 5.74) is 0.778. The molecule has 0 unspecified atom stereocenters. The van der Waals surface area contributed by atoms with E-state index in [1.807, 2.05) is 0 Å². The minimum Gasteiger partial charge on any atom is -0.347 e. The van der Waals surface area contributed by atoms with Gasteiger partial charge in [-0.05, 0) is 49.2 Å². The van der Waals surface area contributed by atoms with Gasteiger partial charge < -0.3 is 5.32 Å². The molecule has 28 heavy (non-hydrogen) atoms. The highest BCUT2D eigenvalue weighted by atomic mass is 19.4. The summed E-state index contributed by atoms with van der Waals surface area (Å²) in [5, 5.41) is 10.2. The molecule has 9 heteroatoms. The first-order chi connectivity index (χ1) is 13.2. The molecule has 1 N–H and O–H groups in total. The number of benzene rings is 2. The fraction of sp³-hybridized carbons (Fsp3) is 0.211. The van der Waals surface area contributed by atoms with E-state index >= 15 is 0 Å². The highest BCUT2D eigenvalue weighted by Gasteiger charge is 2.30. The SMILES string of the molecule is Cc1ccc(-n2nnc(C(=O)NCc3cccc(C(F)(F)F)c3)c2C)cc1F. The highest BCUT2D eigenvalue weighted by molar-refractivity contribution is 5.93. The Kier molecular flexibility index (Phi) is 5.17. The molecule has 0 bridgehead atoms. The second-order valence-electron chi connectivity index (χ2n) is 6.25. The van der Waals surface area contributed by atoms with Gasteiger partial charge in [-0.1, -0.05) is 23.4 Å². The monoisotopic (exact) mass is 392 g/mol. The smallest absolute Gasteiger partial charge is 0.347 e. The molecule has 3 rings (SSSR count). The van der Waals surface area contributed by atoms with Gasteiger partial charge in [0.2, 0.25) is 0 Å². The Labute approximate surface area is 158 Å². The lowest BCUT2D eigenvalue weighted by Crippen LogP contribution is -2.24. The molecular weight excluding hydrogens is 376 g/mol. The molecule has 1 heterocycles. The van der Waals surface area contributed by atoms with E-state index in [2.05, 4.69) is 15.6 Å². The summed E-state index contributed by atoms with van der Waals surface area (Å²) in [7, 11) is 0. The maximum Gasteiger partial charge on any atom is 0.416 e. The molecule has 0 aliphatic rings. The van der Waals surface area contributed by atoms with Crippen LogP contribution in [0.25, 0.3) is 5.69 Å². The third kappa shape index (κ3) is 4.03. The number of carbonyl (C=O) groups excluding carboxylic acids is 1. The minimum atomic E-state index is -4.46. The Balaban J connectivity index is 1.75. The molecule has 0 atom stereocenters. The first-order valence-corrected chi connectivity index (χ1v) is 8.30. The van der Waals surface area contributed by atoms with Gasteiger partial charge >= 0.3 is 6.18 Å². The Hall–Kier alpha value is -3.23. The number of amides is 1. The van der Waals surface area contributed by atoms with Crippen molar-refractivity contribution in [3.8, 4) is 5.69 Å². The van der Waals surface area contributed by atoms with Crippen molar-refractivity contribution in [3.63, 3.8) is 0 Å². The van der Waals surface area contributed by atoms with Crippen molar-refractivity contribution in [2.24, 2.45) is 0 Å². The van der Waals surface area contributed by atoms with Gasteiger partial charge in [0.1, 0.15) is 5.82 Å². The van der Waals surface area contributed by atoms with Crippen molar-refractivity contribution in [2.75, 3.05) is 0 Å². The summed E-state index contributed by atoms with van der Waals surface area (Å²) in [4.78, 5) is 12.4. The molecule has 146 valence electrons. The van der Waals surface area contributed by atoms with Crippen LogP contribution >= 0.6 is 0 Å². The van der Waals surface area contributed by atoms with Crippen molar-refractivity contribution >= 4 is 5.91 Å². The lowest BCUT2D eigenvalue weighted by molar-refractivity contribution is -0.137. The van der Waals surface area contributed by atoms with Gasteiger partial charge in [0.05, 0.1) is 16.9 Å². The number of rotatable bonds is 4. The molecule has 1 amide bonds. The summed E-state index contributed by atoms with van der Waals surface area (Å²) < 4.78 is 53.4. The van der Waals surface area contributed by atoms with Crippen LogP contribution in [0.3, 0.4) is 0 Å². The lowest BCUT2D eigenvalue weighted by atomic mass is 10.1. The predicted molar refractivity (Wildman–Crippen MR) is 93.4 cm³/mol. The molecule has 0 aliphatic carbocycles. The van der Waals surface area contributed by atoms with Crippen LogP contribution in [0, 0.1) is 19.7 Å². The maximum absolute atomic E-state index is 13.8. The number of nitrogens with one attached hydrogen (secondary N) is 1. The number of aryl methyl sites for hydroxylation is 1. The zero-order valence-corrected chi connectivity index (χ0v) is 15.0. The Morgan fingerprint density at radius 1 is 1.14 bits per heavy atom. The van der Waals surface area contributed by atoms with Crippen LogP contribution in [0.15, 0.2) is 42.5 Å². The van der Waals surface area contributed by atoms with Crippen LogP contribution in [0.1, 0.15) is 32.9 Å². The summed E-state index contributed by atoms with van der Waals surface area (Å²) >= 11 is 0. The molecule has 5 nitrogen and oxygen atoms in total. The van der Waals surface area contributed by atoms with E-state index in [1.165, 1.54) is 22.9 Å². The molecule has 1 aromatic heterocycles. The van der Waals surface area contributed by atoms with Crippen LogP contribution in [-0.2, 0) is 12.7 Å². The summed E-state index contributed by atoms with van der Waals surface area (Å²) in [6.45, 7) is 3.12. The Bertz CT molecular complexity index is 1030. The molecule has 0 aliphatic heterocycles. The van der Waals surface area contributed by atoms with Crippen LogP contribution in [-0.4, -0.2) is 20.9 Å². The predicted octanol–water partition coefficient (Wildman–Crippen LogP) is 3.97. The van der Waals surface area contributed by atoms with E-state index in [9.17, 15) is 22.4 Å². The van der Waals surface area contributed by atoms with Crippen molar-refractivity contribution in [3.05, 3.63) is 76.4 Å². The maximum atomic E-state index is 13.8. The molecule has 0 spiro atoms. The van der Waals surface area contributed by atoms with Gasteiger partial charge in [-0.15, -0.1) is 5.10 Å². The average Bonchev–Trinajstić information content (AvgIpc) is 3.03. The summed E-state index contributed by atoms with van der Waals surface area (Å²) in [6.07, 6.45) is -4.46. The van der Waals surface area contributed by atoms with Crippen molar-refractivity contribution in [1.29, 1.82) is 0 Å². The lowest BCUT2D eigenvalue weighted by Gasteiger charge is -2.09. The minimum absolute atomic E-state index is 0.00737. The summed E-state index contributed by atoms with van der Waals surface area (Å²) in [6, 6.07) is 9.19. The fourth-order valence-corrected chi connectivity index (χ4v) is 2.62. The van der Waals surface area contributed by atoms with Gasteiger partial charge in [-0.2, -0.15) is 13.2 Å². The van der Waals surface area contributed by atoms with E-state index < -0.39 is 23.5 Å². The fourth-order valence-electron chi connectivity index (χ4n) is 2.62. The zero-order chi connectivity index (χ0) is 20.5. The Morgan fingerprint density at radius 2 is 1.89 bits per heavy atom. The van der Waals surface area contributed by atoms with E-state index in [4.69, 9.17) is 0 Å². The van der Waals surface area contributed by atoms with Crippen LogP contribution in [0.5, 0.6) is 0 Å². The van der Waals surface area contributed by atoms with Crippen LogP contribution in [0.2, 0.25) is 0 Å². The molecule has 0 saturated heterocycles. The van der Waals surface area contributed by atoms with E-state index in [1.54, 1.807) is 26.0 Å². The number of hydrogen-bond donors (Lipinski definition) is 1. The third-order valence-electron chi connectivity index (χ3n) is 4.22. The molecule has 2 aromatic carbocycles. The van der Waals surface area contributed by atoms with Crippen molar-refractivity contribution in [2.45, 2.75) is 26.6 Å². The highest BCUT2D eigenvalue weighted by Crippen LogP contribution is 2.29. The third-order valence-corrected chi connectivity index (χ3v) is 4.22. The summed E-state index contributed by atoms with van der Waals surface area (Å²) in [5.74, 6) is -1.00. The van der Waals surface area contributed by atoms with Crippen LogP contribution < -0.4 is 5.32 Å². The number of aromatic nitrogens is 3. The van der Waals surface area contributed by atoms with E-state index in [-0.39, 0.29) is 12.2 Å². The standard InChI is InChI=1S/C19H16F4N4O/c1-11-6-7-15(9-16(11)20)27-12(2)17(25-26-27)18(28)24-10-13-4-3-5-14(8-13)19(21,22)23/h3-9H,10H2,1-2H3,(H,24,28). The molecule has 3 aromatic rings. The van der Waals surface area contributed by atoms with Gasteiger partial charge in [-0.25, -0.2) is 9.07 Å². The zero-order valence-electron chi connectivity index (χ0n) is 15.0. The second kappa shape index (κ2) is 7.41. The van der Waals surface area contributed by atoms with Gasteiger partial charge in [0.15, 0.2) is 5.69 Å². The normalized spacial score (nSPS) is 11.5. The van der Waals surface area contributed by atoms with E-state index in [0.29, 0.717) is 22.5 Å². The number of nitrogens with zero attached hydrogens (tertiary/aromatic N) is 3. The quantitative estimate of drug-likeness (QED) is 0.684.